The molecule has 0 unspecified atom stereocenters. The van der Waals surface area contributed by atoms with Crippen molar-refractivity contribution in [1.29, 1.82) is 0 Å². The van der Waals surface area contributed by atoms with E-state index < -0.39 is 0 Å². The minimum absolute atomic E-state index is 0.157. The molecule has 25 heavy (non-hydrogen) atoms. The summed E-state index contributed by atoms with van der Waals surface area (Å²) >= 11 is 0. The van der Waals surface area contributed by atoms with Gasteiger partial charge in [-0.05, 0) is 24.1 Å². The smallest absolute Gasteiger partial charge is 0.227 e. The molecule has 1 saturated heterocycles. The topological polar surface area (TPSA) is 78.0 Å². The van der Waals surface area contributed by atoms with Crippen molar-refractivity contribution in [3.05, 3.63) is 48.7 Å². The molecule has 4 heterocycles. The highest BCUT2D eigenvalue weighted by Crippen LogP contribution is 2.23. The number of hydrogen-bond acceptors (Lipinski definition) is 5. The molecular formula is C18H20N6O. The fourth-order valence-corrected chi connectivity index (χ4v) is 3.28. The number of anilines is 1. The molecule has 0 bridgehead atoms. The average Bonchev–Trinajstić information content (AvgIpc) is 2.99. The van der Waals surface area contributed by atoms with Crippen LogP contribution >= 0.6 is 0 Å². The predicted octanol–water partition coefficient (Wildman–Crippen LogP) is 1.63. The molecule has 1 amide bonds. The highest BCUT2D eigenvalue weighted by atomic mass is 16.2. The molecule has 1 aliphatic heterocycles. The molecule has 0 aromatic carbocycles. The summed E-state index contributed by atoms with van der Waals surface area (Å²) in [5, 5.41) is 1.03. The van der Waals surface area contributed by atoms with E-state index in [-0.39, 0.29) is 5.91 Å². The Balaban J connectivity index is 1.45. The summed E-state index contributed by atoms with van der Waals surface area (Å²) < 4.78 is 0. The molecule has 128 valence electrons. The van der Waals surface area contributed by atoms with E-state index >= 15 is 0 Å². The van der Waals surface area contributed by atoms with Crippen LogP contribution in [0.2, 0.25) is 0 Å². The van der Waals surface area contributed by atoms with Gasteiger partial charge in [0.05, 0.1) is 11.8 Å². The van der Waals surface area contributed by atoms with Crippen LogP contribution in [0.25, 0.3) is 11.0 Å². The minimum atomic E-state index is 0.157. The van der Waals surface area contributed by atoms with Gasteiger partial charge in [0.1, 0.15) is 17.8 Å². The van der Waals surface area contributed by atoms with Crippen molar-refractivity contribution < 1.29 is 4.79 Å². The number of H-pyrrole nitrogens is 1. The molecule has 0 spiro atoms. The van der Waals surface area contributed by atoms with Crippen LogP contribution < -0.4 is 4.90 Å². The van der Waals surface area contributed by atoms with Gasteiger partial charge in [-0.2, -0.15) is 0 Å². The Morgan fingerprint density at radius 3 is 3.00 bits per heavy atom. The number of rotatable bonds is 3. The van der Waals surface area contributed by atoms with E-state index in [1.165, 1.54) is 0 Å². The van der Waals surface area contributed by atoms with E-state index in [2.05, 4.69) is 24.8 Å². The van der Waals surface area contributed by atoms with Crippen molar-refractivity contribution in [2.75, 3.05) is 31.1 Å². The zero-order chi connectivity index (χ0) is 17.1. The third-order valence-corrected chi connectivity index (χ3v) is 4.56. The van der Waals surface area contributed by atoms with Crippen LogP contribution in [-0.2, 0) is 11.2 Å². The summed E-state index contributed by atoms with van der Waals surface area (Å²) in [4.78, 5) is 32.7. The zero-order valence-corrected chi connectivity index (χ0v) is 13.9. The third kappa shape index (κ3) is 3.31. The lowest BCUT2D eigenvalue weighted by atomic mass is 10.2. The number of aromatic amines is 1. The summed E-state index contributed by atoms with van der Waals surface area (Å²) in [5.41, 5.74) is 1.80. The number of pyridine rings is 1. The maximum absolute atomic E-state index is 12.6. The van der Waals surface area contributed by atoms with E-state index in [0.717, 1.165) is 48.5 Å². The Morgan fingerprint density at radius 1 is 1.16 bits per heavy atom. The van der Waals surface area contributed by atoms with Gasteiger partial charge in [-0.3, -0.25) is 9.78 Å². The average molecular weight is 336 g/mol. The summed E-state index contributed by atoms with van der Waals surface area (Å²) in [7, 11) is 0. The Morgan fingerprint density at radius 2 is 2.12 bits per heavy atom. The first-order valence-electron chi connectivity index (χ1n) is 8.51. The monoisotopic (exact) mass is 336 g/mol. The normalized spacial score (nSPS) is 15.4. The summed E-state index contributed by atoms with van der Waals surface area (Å²) in [6, 6.07) is 5.81. The molecule has 1 N–H and O–H groups in total. The maximum atomic E-state index is 12.6. The Labute approximate surface area is 145 Å². The number of nitrogens with zero attached hydrogens (tertiary/aromatic N) is 5. The number of carbonyl (C=O) groups excluding carboxylic acids is 1. The van der Waals surface area contributed by atoms with Crippen molar-refractivity contribution in [1.82, 2.24) is 24.8 Å². The standard InChI is InChI=1S/C18H20N6O/c25-16(11-14-3-1-5-19-12-14)23-7-2-8-24(10-9-23)18-15-4-6-20-17(15)21-13-22-18/h1,3-6,12-13H,2,7-11H2,(H,20,21,22). The number of fused-ring (bicyclic) bond motifs is 1. The fraction of sp³-hybridized carbons (Fsp3) is 0.333. The van der Waals surface area contributed by atoms with Gasteiger partial charge in [-0.25, -0.2) is 9.97 Å². The largest absolute Gasteiger partial charge is 0.354 e. The summed E-state index contributed by atoms with van der Waals surface area (Å²) in [5.74, 6) is 1.09. The second kappa shape index (κ2) is 6.88. The lowest BCUT2D eigenvalue weighted by Gasteiger charge is -2.23. The minimum Gasteiger partial charge on any atom is -0.354 e. The molecule has 3 aromatic heterocycles. The van der Waals surface area contributed by atoms with Crippen LogP contribution in [0, 0.1) is 0 Å². The number of carbonyl (C=O) groups is 1. The number of amides is 1. The second-order valence-corrected chi connectivity index (χ2v) is 6.20. The molecule has 0 atom stereocenters. The first kappa shape index (κ1) is 15.6. The van der Waals surface area contributed by atoms with Crippen LogP contribution in [-0.4, -0.2) is 56.9 Å². The Kier molecular flexibility index (Phi) is 4.28. The van der Waals surface area contributed by atoms with Gasteiger partial charge in [-0.15, -0.1) is 0 Å². The number of hydrogen-bond donors (Lipinski definition) is 1. The van der Waals surface area contributed by atoms with Crippen molar-refractivity contribution in [2.24, 2.45) is 0 Å². The quantitative estimate of drug-likeness (QED) is 0.787. The molecule has 0 aliphatic carbocycles. The third-order valence-electron chi connectivity index (χ3n) is 4.56. The summed E-state index contributed by atoms with van der Waals surface area (Å²) in [6.07, 6.45) is 8.28. The molecule has 3 aromatic rings. The van der Waals surface area contributed by atoms with Crippen LogP contribution in [0.5, 0.6) is 0 Å². The molecule has 0 radical (unpaired) electrons. The maximum Gasteiger partial charge on any atom is 0.227 e. The van der Waals surface area contributed by atoms with Gasteiger partial charge in [-0.1, -0.05) is 6.07 Å². The van der Waals surface area contributed by atoms with Crippen LogP contribution in [0.4, 0.5) is 5.82 Å². The molecule has 4 rings (SSSR count). The van der Waals surface area contributed by atoms with E-state index in [9.17, 15) is 4.79 Å². The molecule has 1 aliphatic rings. The van der Waals surface area contributed by atoms with Crippen LogP contribution in [0.15, 0.2) is 43.1 Å². The van der Waals surface area contributed by atoms with Gasteiger partial charge in [0, 0.05) is 44.8 Å². The fourth-order valence-electron chi connectivity index (χ4n) is 3.28. The molecule has 1 fully saturated rings. The van der Waals surface area contributed by atoms with Crippen LogP contribution in [0.1, 0.15) is 12.0 Å². The molecule has 7 heteroatoms. The molecule has 0 saturated carbocycles. The van der Waals surface area contributed by atoms with E-state index in [4.69, 9.17) is 0 Å². The van der Waals surface area contributed by atoms with Crippen LogP contribution in [0.3, 0.4) is 0 Å². The lowest BCUT2D eigenvalue weighted by Crippen LogP contribution is -2.36. The SMILES string of the molecule is O=C(Cc1cccnc1)N1CCCN(c2ncnc3[nH]ccc23)CC1. The van der Waals surface area contributed by atoms with Gasteiger partial charge in [0.2, 0.25) is 5.91 Å². The predicted molar refractivity (Wildman–Crippen MR) is 95.2 cm³/mol. The van der Waals surface area contributed by atoms with Crippen molar-refractivity contribution in [3.63, 3.8) is 0 Å². The van der Waals surface area contributed by atoms with Gasteiger partial charge >= 0.3 is 0 Å². The Hall–Kier alpha value is -2.96. The first-order chi connectivity index (χ1) is 12.3. The molecule has 7 nitrogen and oxygen atoms in total. The lowest BCUT2D eigenvalue weighted by molar-refractivity contribution is -0.130. The van der Waals surface area contributed by atoms with Crippen molar-refractivity contribution >= 4 is 22.8 Å². The highest BCUT2D eigenvalue weighted by molar-refractivity contribution is 5.87. The van der Waals surface area contributed by atoms with Crippen molar-refractivity contribution in [2.45, 2.75) is 12.8 Å². The van der Waals surface area contributed by atoms with Gasteiger partial charge in [0.15, 0.2) is 0 Å². The van der Waals surface area contributed by atoms with E-state index in [1.54, 1.807) is 18.7 Å². The number of aromatic nitrogens is 4. The second-order valence-electron chi connectivity index (χ2n) is 6.20. The van der Waals surface area contributed by atoms with E-state index in [1.807, 2.05) is 29.3 Å². The van der Waals surface area contributed by atoms with Crippen molar-refractivity contribution in [3.8, 4) is 0 Å². The van der Waals surface area contributed by atoms with Gasteiger partial charge < -0.3 is 14.8 Å². The highest BCUT2D eigenvalue weighted by Gasteiger charge is 2.21. The zero-order valence-electron chi connectivity index (χ0n) is 13.9. The molecular weight excluding hydrogens is 316 g/mol. The van der Waals surface area contributed by atoms with E-state index in [0.29, 0.717) is 13.0 Å². The van der Waals surface area contributed by atoms with Gasteiger partial charge in [0.25, 0.3) is 0 Å². The summed E-state index contributed by atoms with van der Waals surface area (Å²) in [6.45, 7) is 3.13. The Bertz CT molecular complexity index is 862. The number of nitrogens with one attached hydrogen (secondary N) is 1. The first-order valence-corrected chi connectivity index (χ1v) is 8.51.